The number of aromatic nitrogens is 3. The number of hydrogen-bond acceptors (Lipinski definition) is 4. The van der Waals surface area contributed by atoms with Crippen LogP contribution in [-0.4, -0.2) is 14.8 Å². The van der Waals surface area contributed by atoms with E-state index in [0.29, 0.717) is 12.3 Å². The standard InChI is InChI=1S/C13H16BrFN4S/c1-8(2)19-12(6-16)17-18-13(19)20-7-9-3-10(14)5-11(15)4-9/h3-5,8H,6-7,16H2,1-2H3. The molecule has 1 aromatic heterocycles. The fourth-order valence-corrected chi connectivity index (χ4v) is 3.43. The Morgan fingerprint density at radius 1 is 1.35 bits per heavy atom. The van der Waals surface area contributed by atoms with Gasteiger partial charge in [-0.3, -0.25) is 0 Å². The van der Waals surface area contributed by atoms with Crippen LogP contribution in [0, 0.1) is 5.82 Å². The van der Waals surface area contributed by atoms with Crippen LogP contribution in [-0.2, 0) is 12.3 Å². The lowest BCUT2D eigenvalue weighted by Gasteiger charge is -2.12. The highest BCUT2D eigenvalue weighted by molar-refractivity contribution is 9.10. The van der Waals surface area contributed by atoms with Crippen molar-refractivity contribution in [2.24, 2.45) is 5.73 Å². The summed E-state index contributed by atoms with van der Waals surface area (Å²) in [5.41, 5.74) is 6.56. The van der Waals surface area contributed by atoms with Crippen molar-refractivity contribution in [3.8, 4) is 0 Å². The monoisotopic (exact) mass is 358 g/mol. The second-order valence-corrected chi connectivity index (χ2v) is 6.49. The molecule has 0 unspecified atom stereocenters. The zero-order chi connectivity index (χ0) is 14.7. The zero-order valence-corrected chi connectivity index (χ0v) is 13.7. The zero-order valence-electron chi connectivity index (χ0n) is 11.3. The Kier molecular flexibility index (Phi) is 5.17. The fraction of sp³-hybridized carbons (Fsp3) is 0.385. The van der Waals surface area contributed by atoms with Crippen LogP contribution >= 0.6 is 27.7 Å². The first-order valence-electron chi connectivity index (χ1n) is 6.23. The molecule has 0 spiro atoms. The molecule has 20 heavy (non-hydrogen) atoms. The molecule has 1 heterocycles. The van der Waals surface area contributed by atoms with E-state index in [1.165, 1.54) is 23.9 Å². The molecule has 7 heteroatoms. The van der Waals surface area contributed by atoms with Crippen molar-refractivity contribution in [3.63, 3.8) is 0 Å². The van der Waals surface area contributed by atoms with E-state index < -0.39 is 0 Å². The maximum absolute atomic E-state index is 13.3. The maximum Gasteiger partial charge on any atom is 0.191 e. The molecule has 0 aliphatic heterocycles. The van der Waals surface area contributed by atoms with Gasteiger partial charge in [-0.1, -0.05) is 27.7 Å². The van der Waals surface area contributed by atoms with E-state index in [-0.39, 0.29) is 11.9 Å². The predicted octanol–water partition coefficient (Wildman–Crippen LogP) is 3.51. The normalized spacial score (nSPS) is 11.3. The molecule has 0 atom stereocenters. The third-order valence-corrected chi connectivity index (χ3v) is 4.20. The number of halogens is 2. The molecule has 2 N–H and O–H groups in total. The quantitative estimate of drug-likeness (QED) is 0.830. The molecule has 0 saturated carbocycles. The van der Waals surface area contributed by atoms with Crippen molar-refractivity contribution in [3.05, 3.63) is 39.9 Å². The highest BCUT2D eigenvalue weighted by atomic mass is 79.9. The molecule has 0 aliphatic carbocycles. The van der Waals surface area contributed by atoms with Crippen LogP contribution in [0.25, 0.3) is 0 Å². The van der Waals surface area contributed by atoms with Gasteiger partial charge >= 0.3 is 0 Å². The number of benzene rings is 1. The van der Waals surface area contributed by atoms with Crippen LogP contribution in [0.5, 0.6) is 0 Å². The van der Waals surface area contributed by atoms with Gasteiger partial charge < -0.3 is 10.3 Å². The lowest BCUT2D eigenvalue weighted by molar-refractivity contribution is 0.526. The van der Waals surface area contributed by atoms with E-state index in [0.717, 1.165) is 21.0 Å². The summed E-state index contributed by atoms with van der Waals surface area (Å²) >= 11 is 4.82. The average molecular weight is 359 g/mol. The van der Waals surface area contributed by atoms with Crippen molar-refractivity contribution in [1.29, 1.82) is 0 Å². The van der Waals surface area contributed by atoms with Gasteiger partial charge in [0.2, 0.25) is 0 Å². The smallest absolute Gasteiger partial charge is 0.191 e. The molecule has 108 valence electrons. The maximum atomic E-state index is 13.3. The first kappa shape index (κ1) is 15.5. The summed E-state index contributed by atoms with van der Waals surface area (Å²) in [6.45, 7) is 4.48. The van der Waals surface area contributed by atoms with E-state index in [9.17, 15) is 4.39 Å². The fourth-order valence-electron chi connectivity index (χ4n) is 1.91. The van der Waals surface area contributed by atoms with Gasteiger partial charge in [-0.25, -0.2) is 4.39 Å². The molecular formula is C13H16BrFN4S. The molecule has 0 saturated heterocycles. The summed E-state index contributed by atoms with van der Waals surface area (Å²) in [6, 6.07) is 5.11. The Morgan fingerprint density at radius 2 is 2.10 bits per heavy atom. The topological polar surface area (TPSA) is 56.7 Å². The Balaban J connectivity index is 2.16. The number of hydrogen-bond donors (Lipinski definition) is 1. The van der Waals surface area contributed by atoms with Gasteiger partial charge in [0.1, 0.15) is 11.6 Å². The predicted molar refractivity (Wildman–Crippen MR) is 82.0 cm³/mol. The molecular weight excluding hydrogens is 343 g/mol. The average Bonchev–Trinajstić information content (AvgIpc) is 2.78. The molecule has 2 aromatic rings. The summed E-state index contributed by atoms with van der Waals surface area (Å²) in [5, 5.41) is 9.05. The molecule has 0 aliphatic rings. The molecule has 1 aromatic carbocycles. The summed E-state index contributed by atoms with van der Waals surface area (Å²) in [7, 11) is 0. The van der Waals surface area contributed by atoms with E-state index in [4.69, 9.17) is 5.73 Å². The summed E-state index contributed by atoms with van der Waals surface area (Å²) in [5.74, 6) is 1.15. The van der Waals surface area contributed by atoms with Crippen molar-refractivity contribution in [1.82, 2.24) is 14.8 Å². The number of nitrogens with zero attached hydrogens (tertiary/aromatic N) is 3. The van der Waals surface area contributed by atoms with Gasteiger partial charge in [0.15, 0.2) is 5.16 Å². The van der Waals surface area contributed by atoms with Crippen LogP contribution in [0.3, 0.4) is 0 Å². The second kappa shape index (κ2) is 6.69. The minimum Gasteiger partial charge on any atom is -0.324 e. The second-order valence-electron chi connectivity index (χ2n) is 4.63. The molecule has 0 amide bonds. The van der Waals surface area contributed by atoms with Gasteiger partial charge in [0.05, 0.1) is 6.54 Å². The van der Waals surface area contributed by atoms with Crippen LogP contribution < -0.4 is 5.73 Å². The highest BCUT2D eigenvalue weighted by Crippen LogP contribution is 2.26. The van der Waals surface area contributed by atoms with Crippen molar-refractivity contribution in [2.75, 3.05) is 0 Å². The first-order chi connectivity index (χ1) is 9.51. The minimum atomic E-state index is -0.247. The summed E-state index contributed by atoms with van der Waals surface area (Å²) < 4.78 is 16.1. The first-order valence-corrected chi connectivity index (χ1v) is 8.00. The molecule has 0 bridgehead atoms. The van der Waals surface area contributed by atoms with Gasteiger partial charge in [-0.2, -0.15) is 0 Å². The lowest BCUT2D eigenvalue weighted by Crippen LogP contribution is -2.11. The van der Waals surface area contributed by atoms with Crippen LogP contribution in [0.2, 0.25) is 0 Å². The van der Waals surface area contributed by atoms with E-state index in [1.54, 1.807) is 0 Å². The highest BCUT2D eigenvalue weighted by Gasteiger charge is 2.14. The van der Waals surface area contributed by atoms with Crippen LogP contribution in [0.15, 0.2) is 27.8 Å². The minimum absolute atomic E-state index is 0.241. The van der Waals surface area contributed by atoms with E-state index in [2.05, 4.69) is 40.0 Å². The van der Waals surface area contributed by atoms with Gasteiger partial charge in [-0.05, 0) is 37.6 Å². The molecule has 4 nitrogen and oxygen atoms in total. The van der Waals surface area contributed by atoms with Crippen LogP contribution in [0.1, 0.15) is 31.3 Å². The molecule has 0 radical (unpaired) electrons. The Labute approximate surface area is 130 Å². The summed E-state index contributed by atoms with van der Waals surface area (Å²) in [4.78, 5) is 0. The number of rotatable bonds is 5. The van der Waals surface area contributed by atoms with Crippen molar-refractivity contribution < 1.29 is 4.39 Å². The number of nitrogens with two attached hydrogens (primary N) is 1. The third-order valence-electron chi connectivity index (χ3n) is 2.72. The molecule has 2 rings (SSSR count). The Bertz CT molecular complexity index is 580. The largest absolute Gasteiger partial charge is 0.324 e. The lowest BCUT2D eigenvalue weighted by atomic mass is 10.2. The van der Waals surface area contributed by atoms with E-state index in [1.807, 2.05) is 10.6 Å². The third kappa shape index (κ3) is 3.59. The van der Waals surface area contributed by atoms with Gasteiger partial charge in [-0.15, -0.1) is 10.2 Å². The SMILES string of the molecule is CC(C)n1c(CN)nnc1SCc1cc(F)cc(Br)c1. The summed E-state index contributed by atoms with van der Waals surface area (Å²) in [6.07, 6.45) is 0. The Hall–Kier alpha value is -0.920. The van der Waals surface area contributed by atoms with E-state index >= 15 is 0 Å². The van der Waals surface area contributed by atoms with Gasteiger partial charge in [0, 0.05) is 16.3 Å². The van der Waals surface area contributed by atoms with Gasteiger partial charge in [0.25, 0.3) is 0 Å². The Morgan fingerprint density at radius 3 is 2.70 bits per heavy atom. The number of thioether (sulfide) groups is 1. The van der Waals surface area contributed by atoms with Crippen molar-refractivity contribution in [2.45, 2.75) is 37.3 Å². The molecule has 0 fully saturated rings. The van der Waals surface area contributed by atoms with Crippen LogP contribution in [0.4, 0.5) is 4.39 Å². The van der Waals surface area contributed by atoms with Crippen molar-refractivity contribution >= 4 is 27.7 Å².